The molecule has 23 heavy (non-hydrogen) atoms. The van der Waals surface area contributed by atoms with E-state index in [0.29, 0.717) is 19.3 Å². The zero-order valence-electron chi connectivity index (χ0n) is 14.1. The van der Waals surface area contributed by atoms with Crippen molar-refractivity contribution in [1.29, 1.82) is 0 Å². The Balaban J connectivity index is 1.39. The quantitative estimate of drug-likeness (QED) is 0.800. The summed E-state index contributed by atoms with van der Waals surface area (Å²) in [6.07, 6.45) is 6.33. The Morgan fingerprint density at radius 2 is 2.13 bits per heavy atom. The number of aliphatic hydroxyl groups is 1. The molecule has 0 bridgehead atoms. The largest absolute Gasteiger partial charge is 0.497 e. The summed E-state index contributed by atoms with van der Waals surface area (Å²) in [7, 11) is 1.66. The number of hydrogen-bond acceptors (Lipinski definition) is 4. The first-order valence-corrected chi connectivity index (χ1v) is 8.89. The molecule has 2 fully saturated rings. The van der Waals surface area contributed by atoms with Crippen molar-refractivity contribution in [1.82, 2.24) is 4.90 Å². The highest BCUT2D eigenvalue weighted by Crippen LogP contribution is 2.37. The van der Waals surface area contributed by atoms with Crippen LogP contribution in [0.15, 0.2) is 24.3 Å². The van der Waals surface area contributed by atoms with Gasteiger partial charge in [-0.15, -0.1) is 0 Å². The Kier molecular flexibility index (Phi) is 5.92. The van der Waals surface area contributed by atoms with Crippen molar-refractivity contribution in [2.24, 2.45) is 5.92 Å². The van der Waals surface area contributed by atoms with Crippen LogP contribution in [0.3, 0.4) is 0 Å². The van der Waals surface area contributed by atoms with E-state index in [9.17, 15) is 5.11 Å². The fraction of sp³-hybridized carbons (Fsp3) is 0.684. The molecule has 1 aromatic carbocycles. The lowest BCUT2D eigenvalue weighted by molar-refractivity contribution is -0.000160. The number of nitrogens with zero attached hydrogens (tertiary/aromatic N) is 1. The molecule has 1 saturated carbocycles. The van der Waals surface area contributed by atoms with Crippen molar-refractivity contribution in [3.63, 3.8) is 0 Å². The highest BCUT2D eigenvalue weighted by atomic mass is 16.5. The van der Waals surface area contributed by atoms with E-state index < -0.39 is 6.10 Å². The van der Waals surface area contributed by atoms with E-state index in [1.54, 1.807) is 7.11 Å². The number of rotatable bonds is 8. The molecule has 128 valence electrons. The molecule has 1 aliphatic heterocycles. The first-order chi connectivity index (χ1) is 11.3. The molecule has 0 amide bonds. The predicted octanol–water partition coefficient (Wildman–Crippen LogP) is 2.84. The summed E-state index contributed by atoms with van der Waals surface area (Å²) in [6.45, 7) is 2.79. The third-order valence-corrected chi connectivity index (χ3v) is 5.27. The summed E-state index contributed by atoms with van der Waals surface area (Å²) in [6, 6.07) is 8.58. The van der Waals surface area contributed by atoms with E-state index in [-0.39, 0.29) is 0 Å². The molecule has 1 aliphatic carbocycles. The standard InChI is InChI=1S/C19H29NO3/c1-22-18-8-2-5-15(11-18)13-23-14-17(21)12-20-10-4-9-19(20)16-6-3-7-16/h2,5,8,11,16-17,19,21H,3-4,6-7,9-10,12-14H2,1H3. The number of hydrogen-bond donors (Lipinski definition) is 1. The molecule has 1 saturated heterocycles. The molecule has 1 N–H and O–H groups in total. The van der Waals surface area contributed by atoms with Crippen molar-refractivity contribution >= 4 is 0 Å². The number of benzene rings is 1. The molecule has 0 radical (unpaired) electrons. The predicted molar refractivity (Wildman–Crippen MR) is 90.6 cm³/mol. The van der Waals surface area contributed by atoms with Crippen LogP contribution in [-0.2, 0) is 11.3 Å². The van der Waals surface area contributed by atoms with Crippen molar-refractivity contribution in [3.8, 4) is 5.75 Å². The van der Waals surface area contributed by atoms with E-state index in [1.165, 1.54) is 32.1 Å². The minimum Gasteiger partial charge on any atom is -0.497 e. The summed E-state index contributed by atoms with van der Waals surface area (Å²) < 4.78 is 10.9. The van der Waals surface area contributed by atoms with Gasteiger partial charge in [-0.2, -0.15) is 0 Å². The van der Waals surface area contributed by atoms with Crippen LogP contribution in [0.25, 0.3) is 0 Å². The summed E-state index contributed by atoms with van der Waals surface area (Å²) >= 11 is 0. The van der Waals surface area contributed by atoms with Gasteiger partial charge in [0.05, 0.1) is 26.4 Å². The molecule has 2 atom stereocenters. The highest BCUT2D eigenvalue weighted by molar-refractivity contribution is 5.27. The van der Waals surface area contributed by atoms with Crippen molar-refractivity contribution in [2.45, 2.75) is 50.9 Å². The van der Waals surface area contributed by atoms with Gasteiger partial charge in [0.15, 0.2) is 0 Å². The zero-order chi connectivity index (χ0) is 16.1. The third-order valence-electron chi connectivity index (χ3n) is 5.27. The number of methoxy groups -OCH3 is 1. The Labute approximate surface area is 139 Å². The maximum Gasteiger partial charge on any atom is 0.119 e. The first-order valence-electron chi connectivity index (χ1n) is 8.89. The monoisotopic (exact) mass is 319 g/mol. The first kappa shape index (κ1) is 16.7. The van der Waals surface area contributed by atoms with Gasteiger partial charge in [0.25, 0.3) is 0 Å². The van der Waals surface area contributed by atoms with E-state index in [1.807, 2.05) is 24.3 Å². The van der Waals surface area contributed by atoms with Crippen molar-refractivity contribution in [3.05, 3.63) is 29.8 Å². The summed E-state index contributed by atoms with van der Waals surface area (Å²) in [4.78, 5) is 2.49. The van der Waals surface area contributed by atoms with Gasteiger partial charge in [0.1, 0.15) is 5.75 Å². The smallest absolute Gasteiger partial charge is 0.119 e. The SMILES string of the molecule is COc1cccc(COCC(O)CN2CCCC2C2CCC2)c1. The van der Waals surface area contributed by atoms with Gasteiger partial charge < -0.3 is 14.6 Å². The van der Waals surface area contributed by atoms with Crippen LogP contribution in [0.1, 0.15) is 37.7 Å². The molecular formula is C19H29NO3. The van der Waals surface area contributed by atoms with Crippen LogP contribution in [0.2, 0.25) is 0 Å². The zero-order valence-corrected chi connectivity index (χ0v) is 14.1. The average molecular weight is 319 g/mol. The number of likely N-dealkylation sites (tertiary alicyclic amines) is 1. The van der Waals surface area contributed by atoms with Gasteiger partial charge in [-0.1, -0.05) is 18.6 Å². The molecule has 4 nitrogen and oxygen atoms in total. The second-order valence-electron chi connectivity index (χ2n) is 6.92. The fourth-order valence-corrected chi connectivity index (χ4v) is 3.84. The van der Waals surface area contributed by atoms with Gasteiger partial charge in [0.2, 0.25) is 0 Å². The minimum atomic E-state index is -0.402. The Morgan fingerprint density at radius 3 is 2.87 bits per heavy atom. The molecule has 1 heterocycles. The van der Waals surface area contributed by atoms with E-state index >= 15 is 0 Å². The Morgan fingerprint density at radius 1 is 1.26 bits per heavy atom. The summed E-state index contributed by atoms with van der Waals surface area (Å²) in [5, 5.41) is 10.3. The summed E-state index contributed by atoms with van der Waals surface area (Å²) in [5.41, 5.74) is 1.07. The normalized spacial score (nSPS) is 23.7. The molecular weight excluding hydrogens is 290 g/mol. The Hall–Kier alpha value is -1.10. The van der Waals surface area contributed by atoms with Crippen molar-refractivity contribution < 1.29 is 14.6 Å². The molecule has 0 spiro atoms. The molecule has 1 aromatic rings. The lowest BCUT2D eigenvalue weighted by atomic mass is 9.79. The molecule has 2 aliphatic rings. The van der Waals surface area contributed by atoms with Gasteiger partial charge in [-0.25, -0.2) is 0 Å². The van der Waals surface area contributed by atoms with Gasteiger partial charge in [-0.05, 0) is 55.8 Å². The lowest BCUT2D eigenvalue weighted by Gasteiger charge is -2.37. The van der Waals surface area contributed by atoms with Crippen LogP contribution in [0, 0.1) is 5.92 Å². The van der Waals surface area contributed by atoms with E-state index in [4.69, 9.17) is 9.47 Å². The second-order valence-corrected chi connectivity index (χ2v) is 6.92. The average Bonchev–Trinajstić information content (AvgIpc) is 2.93. The fourth-order valence-electron chi connectivity index (χ4n) is 3.84. The second kappa shape index (κ2) is 8.13. The highest BCUT2D eigenvalue weighted by Gasteiger charge is 2.35. The van der Waals surface area contributed by atoms with Crippen LogP contribution in [0.5, 0.6) is 5.75 Å². The molecule has 4 heteroatoms. The van der Waals surface area contributed by atoms with Crippen molar-refractivity contribution in [2.75, 3.05) is 26.8 Å². The minimum absolute atomic E-state index is 0.394. The number of ether oxygens (including phenoxy) is 2. The molecule has 2 unspecified atom stereocenters. The lowest BCUT2D eigenvalue weighted by Crippen LogP contribution is -2.43. The molecule has 0 aromatic heterocycles. The molecule has 3 rings (SSSR count). The maximum absolute atomic E-state index is 10.3. The topological polar surface area (TPSA) is 41.9 Å². The van der Waals surface area contributed by atoms with E-state index in [2.05, 4.69) is 4.90 Å². The van der Waals surface area contributed by atoms with Gasteiger partial charge >= 0.3 is 0 Å². The summed E-state index contributed by atoms with van der Waals surface area (Å²) in [5.74, 6) is 1.72. The number of aliphatic hydroxyl groups excluding tert-OH is 1. The van der Waals surface area contributed by atoms with Gasteiger partial charge in [-0.3, -0.25) is 4.90 Å². The van der Waals surface area contributed by atoms with Crippen LogP contribution in [0.4, 0.5) is 0 Å². The number of β-amino-alcohol motifs (C(OH)–C–C–N with tert-alkyl or cyclic N) is 1. The van der Waals surface area contributed by atoms with Crippen LogP contribution >= 0.6 is 0 Å². The Bertz CT molecular complexity index is 489. The third kappa shape index (κ3) is 4.46. The van der Waals surface area contributed by atoms with Gasteiger partial charge in [0, 0.05) is 12.6 Å². The van der Waals surface area contributed by atoms with Crippen LogP contribution < -0.4 is 4.74 Å². The van der Waals surface area contributed by atoms with Crippen LogP contribution in [-0.4, -0.2) is 49.0 Å². The van der Waals surface area contributed by atoms with E-state index in [0.717, 1.165) is 30.3 Å². The maximum atomic E-state index is 10.3.